The van der Waals surface area contributed by atoms with Gasteiger partial charge < -0.3 is 15.0 Å². The van der Waals surface area contributed by atoms with E-state index in [1.165, 1.54) is 5.56 Å². The van der Waals surface area contributed by atoms with Gasteiger partial charge in [-0.05, 0) is 88.4 Å². The molecule has 1 N–H and O–H groups in total. The molecule has 0 spiro atoms. The molecular weight excluding hydrogens is 379 g/mol. The molecule has 5 heteroatoms. The molecule has 1 aliphatic carbocycles. The maximum Gasteiger partial charge on any atom is 0.260 e. The van der Waals surface area contributed by atoms with Crippen molar-refractivity contribution in [2.45, 2.75) is 44.8 Å². The molecule has 0 aliphatic heterocycles. The Morgan fingerprint density at radius 1 is 1.07 bits per heavy atom. The molecule has 2 aromatic carbocycles. The number of nitrogens with zero attached hydrogens (tertiary/aromatic N) is 1. The zero-order valence-corrected chi connectivity index (χ0v) is 18.2. The monoisotopic (exact) mass is 412 g/mol. The lowest BCUT2D eigenvalue weighted by atomic mass is 9.76. The van der Waals surface area contributed by atoms with Crippen molar-refractivity contribution in [1.82, 2.24) is 10.2 Å². The molecule has 0 bridgehead atoms. The van der Waals surface area contributed by atoms with Gasteiger partial charge in [-0.25, -0.2) is 4.39 Å². The summed E-state index contributed by atoms with van der Waals surface area (Å²) >= 11 is 0. The zero-order chi connectivity index (χ0) is 21.5. The number of hydrogen-bond donors (Lipinski definition) is 1. The van der Waals surface area contributed by atoms with Crippen LogP contribution >= 0.6 is 0 Å². The van der Waals surface area contributed by atoms with Gasteiger partial charge in [-0.15, -0.1) is 0 Å². The molecule has 1 saturated carbocycles. The van der Waals surface area contributed by atoms with Gasteiger partial charge in [-0.1, -0.05) is 30.3 Å². The molecule has 0 radical (unpaired) electrons. The standard InChI is InChI=1S/C25H33FN2O2/c1-18(30-23-7-5-4-6-8-23)25(29)27-17-19-9-11-20(12-10-19)24(28(2)3)21-13-15-22(26)16-14-21/h4-8,13-16,18-20,24H,9-12,17H2,1-3H3,(H,27,29). The molecule has 1 fully saturated rings. The van der Waals surface area contributed by atoms with Crippen LogP contribution in [0.25, 0.3) is 0 Å². The second-order valence-corrected chi connectivity index (χ2v) is 8.56. The van der Waals surface area contributed by atoms with Crippen LogP contribution in [-0.2, 0) is 4.79 Å². The minimum Gasteiger partial charge on any atom is -0.481 e. The molecule has 30 heavy (non-hydrogen) atoms. The normalized spacial score (nSPS) is 21.1. The van der Waals surface area contributed by atoms with Gasteiger partial charge in [-0.3, -0.25) is 4.79 Å². The highest BCUT2D eigenvalue weighted by Crippen LogP contribution is 2.39. The molecule has 1 amide bonds. The van der Waals surface area contributed by atoms with Crippen LogP contribution < -0.4 is 10.1 Å². The van der Waals surface area contributed by atoms with Gasteiger partial charge >= 0.3 is 0 Å². The third-order valence-electron chi connectivity index (χ3n) is 6.10. The van der Waals surface area contributed by atoms with E-state index >= 15 is 0 Å². The second-order valence-electron chi connectivity index (χ2n) is 8.56. The SMILES string of the molecule is CC(Oc1ccccc1)C(=O)NCC1CCC(C(c2ccc(F)cc2)N(C)C)CC1. The lowest BCUT2D eigenvalue weighted by Gasteiger charge is -2.37. The summed E-state index contributed by atoms with van der Waals surface area (Å²) in [5.74, 6) is 1.47. The summed E-state index contributed by atoms with van der Waals surface area (Å²) in [7, 11) is 4.18. The van der Waals surface area contributed by atoms with Crippen LogP contribution in [0.15, 0.2) is 54.6 Å². The number of benzene rings is 2. The molecule has 4 nitrogen and oxygen atoms in total. The molecule has 0 saturated heterocycles. The first kappa shape index (κ1) is 22.3. The zero-order valence-electron chi connectivity index (χ0n) is 18.2. The van der Waals surface area contributed by atoms with Gasteiger partial charge in [0, 0.05) is 12.6 Å². The van der Waals surface area contributed by atoms with E-state index in [9.17, 15) is 9.18 Å². The number of para-hydroxylation sites is 1. The third-order valence-corrected chi connectivity index (χ3v) is 6.10. The minimum atomic E-state index is -0.514. The topological polar surface area (TPSA) is 41.6 Å². The Morgan fingerprint density at radius 3 is 2.30 bits per heavy atom. The predicted octanol–water partition coefficient (Wildman–Crippen LogP) is 4.82. The first-order chi connectivity index (χ1) is 14.4. The Bertz CT molecular complexity index is 787. The Labute approximate surface area is 179 Å². The fourth-order valence-corrected chi connectivity index (χ4v) is 4.51. The van der Waals surface area contributed by atoms with Crippen LogP contribution in [0.2, 0.25) is 0 Å². The van der Waals surface area contributed by atoms with Gasteiger partial charge in [-0.2, -0.15) is 0 Å². The number of amides is 1. The van der Waals surface area contributed by atoms with E-state index in [2.05, 4.69) is 24.3 Å². The van der Waals surface area contributed by atoms with Crippen LogP contribution in [0.3, 0.4) is 0 Å². The van der Waals surface area contributed by atoms with Crippen molar-refractivity contribution in [3.63, 3.8) is 0 Å². The summed E-state index contributed by atoms with van der Waals surface area (Å²) < 4.78 is 19.0. The maximum absolute atomic E-state index is 13.3. The molecule has 2 aromatic rings. The van der Waals surface area contributed by atoms with Crippen LogP contribution in [0, 0.1) is 17.7 Å². The van der Waals surface area contributed by atoms with E-state index in [1.54, 1.807) is 19.1 Å². The number of halogens is 1. The number of rotatable bonds is 8. The fourth-order valence-electron chi connectivity index (χ4n) is 4.51. The van der Waals surface area contributed by atoms with Crippen molar-refractivity contribution in [2.75, 3.05) is 20.6 Å². The first-order valence-electron chi connectivity index (χ1n) is 10.9. The summed E-state index contributed by atoms with van der Waals surface area (Å²) in [6.07, 6.45) is 3.88. The smallest absolute Gasteiger partial charge is 0.260 e. The van der Waals surface area contributed by atoms with Crippen molar-refractivity contribution in [3.8, 4) is 5.75 Å². The molecule has 162 valence electrons. The van der Waals surface area contributed by atoms with E-state index in [4.69, 9.17) is 4.74 Å². The van der Waals surface area contributed by atoms with E-state index in [0.29, 0.717) is 30.2 Å². The Morgan fingerprint density at radius 2 is 1.70 bits per heavy atom. The van der Waals surface area contributed by atoms with E-state index in [-0.39, 0.29) is 11.7 Å². The highest BCUT2D eigenvalue weighted by Gasteiger charge is 2.30. The van der Waals surface area contributed by atoms with E-state index < -0.39 is 6.10 Å². The number of hydrogen-bond acceptors (Lipinski definition) is 3. The van der Waals surface area contributed by atoms with Gasteiger partial charge in [0.05, 0.1) is 0 Å². The van der Waals surface area contributed by atoms with Gasteiger partial charge in [0.1, 0.15) is 11.6 Å². The number of carbonyl (C=O) groups excluding carboxylic acids is 1. The van der Waals surface area contributed by atoms with Crippen molar-refractivity contribution in [3.05, 3.63) is 66.0 Å². The fraction of sp³-hybridized carbons (Fsp3) is 0.480. The van der Waals surface area contributed by atoms with Crippen molar-refractivity contribution in [1.29, 1.82) is 0 Å². The lowest BCUT2D eigenvalue weighted by molar-refractivity contribution is -0.127. The Hall–Kier alpha value is -2.40. The highest BCUT2D eigenvalue weighted by atomic mass is 19.1. The summed E-state index contributed by atoms with van der Waals surface area (Å²) in [5, 5.41) is 3.06. The van der Waals surface area contributed by atoms with E-state index in [1.807, 2.05) is 42.5 Å². The molecule has 1 aliphatic rings. The highest BCUT2D eigenvalue weighted by molar-refractivity contribution is 5.80. The average molecular weight is 413 g/mol. The number of carbonyl (C=O) groups is 1. The van der Waals surface area contributed by atoms with Crippen LogP contribution in [0.1, 0.15) is 44.2 Å². The van der Waals surface area contributed by atoms with Crippen LogP contribution in [0.4, 0.5) is 4.39 Å². The summed E-state index contributed by atoms with van der Waals surface area (Å²) in [6, 6.07) is 16.6. The molecule has 0 heterocycles. The Balaban J connectivity index is 1.46. The van der Waals surface area contributed by atoms with Crippen molar-refractivity contribution >= 4 is 5.91 Å². The lowest BCUT2D eigenvalue weighted by Crippen LogP contribution is -2.40. The quantitative estimate of drug-likeness (QED) is 0.676. The van der Waals surface area contributed by atoms with Gasteiger partial charge in [0.2, 0.25) is 0 Å². The molecule has 2 unspecified atom stereocenters. The van der Waals surface area contributed by atoms with E-state index in [0.717, 1.165) is 25.7 Å². The van der Waals surface area contributed by atoms with Crippen LogP contribution in [0.5, 0.6) is 5.75 Å². The van der Waals surface area contributed by atoms with Gasteiger partial charge in [0.25, 0.3) is 5.91 Å². The van der Waals surface area contributed by atoms with Gasteiger partial charge in [0.15, 0.2) is 6.10 Å². The van der Waals surface area contributed by atoms with Crippen molar-refractivity contribution in [2.24, 2.45) is 11.8 Å². The van der Waals surface area contributed by atoms with Crippen molar-refractivity contribution < 1.29 is 13.9 Å². The summed E-state index contributed by atoms with van der Waals surface area (Å²) in [5.41, 5.74) is 1.17. The maximum atomic E-state index is 13.3. The number of nitrogens with one attached hydrogen (secondary N) is 1. The molecule has 3 rings (SSSR count). The minimum absolute atomic E-state index is 0.0709. The largest absolute Gasteiger partial charge is 0.481 e. The van der Waals surface area contributed by atoms with Crippen LogP contribution in [-0.4, -0.2) is 37.6 Å². The molecular formula is C25H33FN2O2. The average Bonchev–Trinajstić information content (AvgIpc) is 2.75. The first-order valence-corrected chi connectivity index (χ1v) is 10.9. The summed E-state index contributed by atoms with van der Waals surface area (Å²) in [6.45, 7) is 2.47. The predicted molar refractivity (Wildman–Crippen MR) is 118 cm³/mol. The Kier molecular flexibility index (Phi) is 7.86. The second kappa shape index (κ2) is 10.6. The number of ether oxygens (including phenoxy) is 1. The third kappa shape index (κ3) is 6.05. The molecule has 0 aromatic heterocycles. The molecule has 2 atom stereocenters. The summed E-state index contributed by atoms with van der Waals surface area (Å²) in [4.78, 5) is 14.6.